The SMILES string of the molecule is CCOc1ccc(C2NC(=O)N(CCC(C)C)C(C)=C2c2nc(-c3ccccc3)no2)cc1. The van der Waals surface area contributed by atoms with E-state index in [2.05, 4.69) is 24.3 Å². The van der Waals surface area contributed by atoms with Crippen LogP contribution < -0.4 is 10.1 Å². The lowest BCUT2D eigenvalue weighted by Gasteiger charge is -2.35. The highest BCUT2D eigenvalue weighted by Crippen LogP contribution is 2.38. The summed E-state index contributed by atoms with van der Waals surface area (Å²) in [4.78, 5) is 19.5. The van der Waals surface area contributed by atoms with Crippen molar-refractivity contribution in [3.05, 3.63) is 71.7 Å². The predicted octanol–water partition coefficient (Wildman–Crippen LogP) is 5.68. The van der Waals surface area contributed by atoms with Gasteiger partial charge in [-0.05, 0) is 43.9 Å². The summed E-state index contributed by atoms with van der Waals surface area (Å²) in [6, 6.07) is 16.9. The van der Waals surface area contributed by atoms with Gasteiger partial charge in [0.05, 0.1) is 18.2 Å². The average Bonchev–Trinajstić information content (AvgIpc) is 3.29. The van der Waals surface area contributed by atoms with Crippen molar-refractivity contribution < 1.29 is 14.1 Å². The number of rotatable bonds is 8. The summed E-state index contributed by atoms with van der Waals surface area (Å²) in [5, 5.41) is 7.36. The van der Waals surface area contributed by atoms with E-state index in [1.807, 2.05) is 68.4 Å². The van der Waals surface area contributed by atoms with Gasteiger partial charge in [-0.25, -0.2) is 4.79 Å². The molecule has 2 heterocycles. The lowest BCUT2D eigenvalue weighted by molar-refractivity contribution is 0.202. The maximum atomic E-state index is 13.1. The summed E-state index contributed by atoms with van der Waals surface area (Å²) in [6.45, 7) is 9.41. The highest BCUT2D eigenvalue weighted by atomic mass is 16.5. The first-order valence-corrected chi connectivity index (χ1v) is 11.4. The van der Waals surface area contributed by atoms with Gasteiger partial charge in [-0.1, -0.05) is 61.5 Å². The third-order valence-electron chi connectivity index (χ3n) is 5.74. The monoisotopic (exact) mass is 446 g/mol. The molecule has 1 aliphatic heterocycles. The maximum Gasteiger partial charge on any atom is 0.322 e. The Balaban J connectivity index is 1.75. The molecule has 0 saturated heterocycles. The lowest BCUT2D eigenvalue weighted by atomic mass is 9.94. The molecule has 33 heavy (non-hydrogen) atoms. The molecule has 1 unspecified atom stereocenters. The van der Waals surface area contributed by atoms with Crippen LogP contribution in [0.5, 0.6) is 5.75 Å². The van der Waals surface area contributed by atoms with Crippen molar-refractivity contribution >= 4 is 11.6 Å². The number of hydrogen-bond donors (Lipinski definition) is 1. The van der Waals surface area contributed by atoms with E-state index < -0.39 is 6.04 Å². The summed E-state index contributed by atoms with van der Waals surface area (Å²) >= 11 is 0. The van der Waals surface area contributed by atoms with Gasteiger partial charge in [0.25, 0.3) is 5.89 Å². The summed E-state index contributed by atoms with van der Waals surface area (Å²) in [6.07, 6.45) is 0.894. The van der Waals surface area contributed by atoms with Gasteiger partial charge in [-0.3, -0.25) is 4.90 Å². The Morgan fingerprint density at radius 3 is 2.52 bits per heavy atom. The van der Waals surface area contributed by atoms with Gasteiger partial charge in [0.2, 0.25) is 5.82 Å². The Hall–Kier alpha value is -3.61. The molecular formula is C26H30N4O3. The molecule has 4 rings (SSSR count). The first-order valence-electron chi connectivity index (χ1n) is 11.4. The van der Waals surface area contributed by atoms with Crippen LogP contribution in [0, 0.1) is 5.92 Å². The standard InChI is InChI=1S/C26H30N4O3/c1-5-32-21-13-11-19(12-14-21)23-22(18(4)30(26(31)27-23)16-15-17(2)3)25-28-24(29-33-25)20-9-7-6-8-10-20/h6-14,17,23H,5,15-16H2,1-4H3,(H,27,31). The van der Waals surface area contributed by atoms with E-state index in [0.29, 0.717) is 30.8 Å². The van der Waals surface area contributed by atoms with Crippen LogP contribution in [0.4, 0.5) is 4.79 Å². The number of benzene rings is 2. The number of urea groups is 1. The molecule has 1 N–H and O–H groups in total. The molecule has 1 atom stereocenters. The van der Waals surface area contributed by atoms with Gasteiger partial charge >= 0.3 is 6.03 Å². The van der Waals surface area contributed by atoms with Crippen LogP contribution in [-0.4, -0.2) is 34.2 Å². The molecule has 3 aromatic rings. The number of ether oxygens (including phenoxy) is 1. The molecule has 0 saturated carbocycles. The summed E-state index contributed by atoms with van der Waals surface area (Å²) in [7, 11) is 0. The molecule has 0 aliphatic carbocycles. The van der Waals surface area contributed by atoms with Crippen LogP contribution >= 0.6 is 0 Å². The third kappa shape index (κ3) is 4.92. The molecule has 172 valence electrons. The van der Waals surface area contributed by atoms with Crippen molar-refractivity contribution in [1.82, 2.24) is 20.4 Å². The Morgan fingerprint density at radius 1 is 1.12 bits per heavy atom. The molecule has 1 aliphatic rings. The van der Waals surface area contributed by atoms with E-state index in [4.69, 9.17) is 14.2 Å². The van der Waals surface area contributed by atoms with E-state index in [1.165, 1.54) is 0 Å². The topological polar surface area (TPSA) is 80.5 Å². The second kappa shape index (κ2) is 9.90. The van der Waals surface area contributed by atoms with E-state index in [1.54, 1.807) is 4.90 Å². The predicted molar refractivity (Wildman–Crippen MR) is 127 cm³/mol. The number of nitrogens with one attached hydrogen (secondary N) is 1. The van der Waals surface area contributed by atoms with Crippen molar-refractivity contribution in [2.45, 2.75) is 40.2 Å². The molecular weight excluding hydrogens is 416 g/mol. The number of carbonyl (C=O) groups is 1. The van der Waals surface area contributed by atoms with Crippen LogP contribution in [0.3, 0.4) is 0 Å². The number of allylic oxidation sites excluding steroid dienone is 1. The zero-order valence-electron chi connectivity index (χ0n) is 19.5. The number of carbonyl (C=O) groups excluding carboxylic acids is 1. The zero-order valence-corrected chi connectivity index (χ0v) is 19.5. The van der Waals surface area contributed by atoms with Gasteiger partial charge in [0, 0.05) is 17.8 Å². The Bertz CT molecular complexity index is 1120. The second-order valence-electron chi connectivity index (χ2n) is 8.51. The van der Waals surface area contributed by atoms with E-state index >= 15 is 0 Å². The summed E-state index contributed by atoms with van der Waals surface area (Å²) < 4.78 is 11.3. The first kappa shape index (κ1) is 22.6. The lowest BCUT2D eigenvalue weighted by Crippen LogP contribution is -2.46. The molecule has 0 fully saturated rings. The Kier molecular flexibility index (Phi) is 6.77. The van der Waals surface area contributed by atoms with E-state index in [-0.39, 0.29) is 6.03 Å². The minimum Gasteiger partial charge on any atom is -0.494 e. The molecule has 0 spiro atoms. The second-order valence-corrected chi connectivity index (χ2v) is 8.51. The smallest absolute Gasteiger partial charge is 0.322 e. The fourth-order valence-electron chi connectivity index (χ4n) is 3.93. The van der Waals surface area contributed by atoms with Crippen LogP contribution in [0.25, 0.3) is 17.0 Å². The molecule has 0 radical (unpaired) electrons. The average molecular weight is 447 g/mol. The van der Waals surface area contributed by atoms with Gasteiger partial charge in [-0.15, -0.1) is 0 Å². The van der Waals surface area contributed by atoms with Gasteiger partial charge < -0.3 is 14.6 Å². The number of amides is 2. The number of aromatic nitrogens is 2. The van der Waals surface area contributed by atoms with Crippen molar-refractivity contribution in [2.75, 3.05) is 13.2 Å². The zero-order chi connectivity index (χ0) is 23.4. The van der Waals surface area contributed by atoms with Crippen molar-refractivity contribution in [2.24, 2.45) is 5.92 Å². The highest BCUT2D eigenvalue weighted by Gasteiger charge is 2.35. The quantitative estimate of drug-likeness (QED) is 0.482. The fraction of sp³-hybridized carbons (Fsp3) is 0.346. The summed E-state index contributed by atoms with van der Waals surface area (Å²) in [5.74, 6) is 2.18. The minimum atomic E-state index is -0.410. The minimum absolute atomic E-state index is 0.126. The normalized spacial score (nSPS) is 16.3. The van der Waals surface area contributed by atoms with Gasteiger partial charge in [-0.2, -0.15) is 4.98 Å². The summed E-state index contributed by atoms with van der Waals surface area (Å²) in [5.41, 5.74) is 3.42. The Labute approximate surface area is 194 Å². The highest BCUT2D eigenvalue weighted by molar-refractivity contribution is 5.86. The Morgan fingerprint density at radius 2 is 1.85 bits per heavy atom. The van der Waals surface area contributed by atoms with Crippen molar-refractivity contribution in [1.29, 1.82) is 0 Å². The molecule has 7 nitrogen and oxygen atoms in total. The van der Waals surface area contributed by atoms with Gasteiger partial charge in [0.15, 0.2) is 0 Å². The third-order valence-corrected chi connectivity index (χ3v) is 5.74. The maximum absolute atomic E-state index is 13.1. The largest absolute Gasteiger partial charge is 0.494 e. The van der Waals surface area contributed by atoms with Gasteiger partial charge in [0.1, 0.15) is 5.75 Å². The van der Waals surface area contributed by atoms with Crippen molar-refractivity contribution in [3.8, 4) is 17.1 Å². The van der Waals surface area contributed by atoms with Crippen LogP contribution in [0.2, 0.25) is 0 Å². The van der Waals surface area contributed by atoms with Crippen molar-refractivity contribution in [3.63, 3.8) is 0 Å². The molecule has 7 heteroatoms. The van der Waals surface area contributed by atoms with E-state index in [0.717, 1.165) is 34.6 Å². The van der Waals surface area contributed by atoms with Crippen LogP contribution in [-0.2, 0) is 0 Å². The van der Waals surface area contributed by atoms with Crippen LogP contribution in [0.15, 0.2) is 64.8 Å². The van der Waals surface area contributed by atoms with E-state index in [9.17, 15) is 4.79 Å². The first-order chi connectivity index (χ1) is 16.0. The molecule has 1 aromatic heterocycles. The molecule has 0 bridgehead atoms. The fourth-order valence-corrected chi connectivity index (χ4v) is 3.93. The number of hydrogen-bond acceptors (Lipinski definition) is 5. The number of nitrogens with zero attached hydrogens (tertiary/aromatic N) is 3. The molecule has 2 aromatic carbocycles. The van der Waals surface area contributed by atoms with Crippen LogP contribution in [0.1, 0.15) is 51.6 Å². The molecule has 2 amide bonds.